The Labute approximate surface area is 301 Å². The molecule has 2 heterocycles. The molecule has 0 radical (unpaired) electrons. The topological polar surface area (TPSA) is 101 Å². The zero-order valence-corrected chi connectivity index (χ0v) is 29.7. The van der Waals surface area contributed by atoms with E-state index in [1.165, 1.54) is 12.5 Å². The largest absolute Gasteiger partial charge is 0.453 e. The molecule has 4 aromatic rings. The molecule has 5 unspecified atom stereocenters. The van der Waals surface area contributed by atoms with Crippen molar-refractivity contribution in [1.29, 1.82) is 0 Å². The number of aliphatic hydroxyl groups excluding tert-OH is 1. The Morgan fingerprint density at radius 1 is 0.804 bits per heavy atom. The quantitative estimate of drug-likeness (QED) is 0.174. The lowest BCUT2D eigenvalue weighted by atomic mass is 9.89. The summed E-state index contributed by atoms with van der Waals surface area (Å²) in [6.45, 7) is 11.1. The number of ether oxygens (including phenoxy) is 3. The van der Waals surface area contributed by atoms with Crippen LogP contribution in [0.3, 0.4) is 0 Å². The summed E-state index contributed by atoms with van der Waals surface area (Å²) in [5.41, 5.74) is 7.15. The first-order valence-electron chi connectivity index (χ1n) is 17.9. The number of aliphatic hydroxyl groups is 1. The number of rotatable bonds is 12. The van der Waals surface area contributed by atoms with Crippen LogP contribution in [0.2, 0.25) is 0 Å². The molecule has 2 N–H and O–H groups in total. The third kappa shape index (κ3) is 9.70. The fourth-order valence-electron chi connectivity index (χ4n) is 6.92. The fourth-order valence-corrected chi connectivity index (χ4v) is 6.92. The second-order valence-electron chi connectivity index (χ2n) is 13.7. The van der Waals surface area contributed by atoms with Crippen molar-refractivity contribution in [3.8, 4) is 11.1 Å². The Hall–Kier alpha value is -4.38. The standard InChI is InChI=1S/C42H49N3O6/c1-29-39(27-45-21-19-44(20-22-45)26-32-9-5-4-6-10-32)50-42(51-40(29)35-17-15-33(28-46)16-18-35)38-14-8-13-37(24-38)36-12-7-11-34(23-36)25-43-41(48)30(2)49-31(3)47/h4-18,23-24,29-30,39-40,42,46H,19-22,25-28H2,1-3H3,(H,43,48). The number of amides is 1. The Morgan fingerprint density at radius 2 is 1.47 bits per heavy atom. The lowest BCUT2D eigenvalue weighted by Crippen LogP contribution is -2.51. The Morgan fingerprint density at radius 3 is 2.18 bits per heavy atom. The zero-order valence-electron chi connectivity index (χ0n) is 29.7. The van der Waals surface area contributed by atoms with Crippen LogP contribution in [0.5, 0.6) is 0 Å². The molecular weight excluding hydrogens is 642 g/mol. The molecule has 268 valence electrons. The third-order valence-corrected chi connectivity index (χ3v) is 9.87. The molecule has 1 amide bonds. The molecule has 0 aliphatic carbocycles. The van der Waals surface area contributed by atoms with Gasteiger partial charge in [-0.3, -0.25) is 19.4 Å². The number of carbonyl (C=O) groups is 2. The molecule has 6 rings (SSSR count). The molecule has 2 saturated heterocycles. The summed E-state index contributed by atoms with van der Waals surface area (Å²) >= 11 is 0. The van der Waals surface area contributed by atoms with Gasteiger partial charge in [0.15, 0.2) is 12.4 Å². The first kappa shape index (κ1) is 36.4. The highest BCUT2D eigenvalue weighted by Crippen LogP contribution is 2.42. The van der Waals surface area contributed by atoms with Gasteiger partial charge in [0, 0.05) is 64.2 Å². The summed E-state index contributed by atoms with van der Waals surface area (Å²) in [4.78, 5) is 28.7. The number of piperazine rings is 1. The molecule has 9 nitrogen and oxygen atoms in total. The molecule has 2 aliphatic heterocycles. The van der Waals surface area contributed by atoms with E-state index in [1.807, 2.05) is 42.5 Å². The van der Waals surface area contributed by atoms with Gasteiger partial charge in [0.25, 0.3) is 5.91 Å². The number of nitrogens with zero attached hydrogens (tertiary/aromatic N) is 2. The highest BCUT2D eigenvalue weighted by molar-refractivity contribution is 5.82. The van der Waals surface area contributed by atoms with Crippen LogP contribution in [0.15, 0.2) is 103 Å². The van der Waals surface area contributed by atoms with Crippen molar-refractivity contribution < 1.29 is 28.9 Å². The molecule has 9 heteroatoms. The van der Waals surface area contributed by atoms with Gasteiger partial charge in [-0.25, -0.2) is 0 Å². The molecule has 5 atom stereocenters. The summed E-state index contributed by atoms with van der Waals surface area (Å²) in [7, 11) is 0. The monoisotopic (exact) mass is 691 g/mol. The van der Waals surface area contributed by atoms with Crippen LogP contribution in [-0.2, 0) is 43.5 Å². The molecule has 0 spiro atoms. The average Bonchev–Trinajstić information content (AvgIpc) is 3.16. The van der Waals surface area contributed by atoms with E-state index in [2.05, 4.69) is 82.7 Å². The normalized spacial score (nSPS) is 21.9. The van der Waals surface area contributed by atoms with E-state index < -0.39 is 18.4 Å². The lowest BCUT2D eigenvalue weighted by molar-refractivity contribution is -0.276. The number of carbonyl (C=O) groups excluding carboxylic acids is 2. The molecule has 2 aliphatic rings. The van der Waals surface area contributed by atoms with E-state index in [9.17, 15) is 14.7 Å². The molecule has 2 fully saturated rings. The maximum Gasteiger partial charge on any atom is 0.303 e. The summed E-state index contributed by atoms with van der Waals surface area (Å²) in [6, 6.07) is 35.0. The minimum Gasteiger partial charge on any atom is -0.453 e. The van der Waals surface area contributed by atoms with Crippen LogP contribution in [0.25, 0.3) is 11.1 Å². The first-order valence-corrected chi connectivity index (χ1v) is 17.9. The van der Waals surface area contributed by atoms with E-state index in [0.29, 0.717) is 6.54 Å². The van der Waals surface area contributed by atoms with Gasteiger partial charge in [-0.15, -0.1) is 0 Å². The van der Waals surface area contributed by atoms with Crippen LogP contribution >= 0.6 is 0 Å². The number of esters is 1. The van der Waals surface area contributed by atoms with Gasteiger partial charge in [-0.1, -0.05) is 97.9 Å². The summed E-state index contributed by atoms with van der Waals surface area (Å²) < 4.78 is 18.6. The number of hydrogen-bond donors (Lipinski definition) is 2. The first-order chi connectivity index (χ1) is 24.7. The molecule has 51 heavy (non-hydrogen) atoms. The SMILES string of the molecule is CC(=O)OC(C)C(=O)NCc1cccc(-c2cccc(C3OC(CN4CCN(Cc5ccccc5)CC4)C(C)C(c4ccc(CO)cc4)O3)c2)c1. The van der Waals surface area contributed by atoms with Gasteiger partial charge in [0.1, 0.15) is 0 Å². The predicted molar refractivity (Wildman–Crippen MR) is 196 cm³/mol. The lowest BCUT2D eigenvalue weighted by Gasteiger charge is -2.44. The van der Waals surface area contributed by atoms with Crippen molar-refractivity contribution in [1.82, 2.24) is 15.1 Å². The predicted octanol–water partition coefficient (Wildman–Crippen LogP) is 6.02. The maximum atomic E-state index is 12.4. The van der Waals surface area contributed by atoms with Gasteiger partial charge in [-0.2, -0.15) is 0 Å². The number of hydrogen-bond acceptors (Lipinski definition) is 8. The summed E-state index contributed by atoms with van der Waals surface area (Å²) in [5.74, 6) is -0.737. The van der Waals surface area contributed by atoms with Crippen LogP contribution in [0.1, 0.15) is 61.0 Å². The number of nitrogens with one attached hydrogen (secondary N) is 1. The van der Waals surface area contributed by atoms with Crippen LogP contribution in [-0.4, -0.2) is 71.7 Å². The van der Waals surface area contributed by atoms with Gasteiger partial charge < -0.3 is 24.6 Å². The second-order valence-corrected chi connectivity index (χ2v) is 13.7. The molecular formula is C42H49N3O6. The van der Waals surface area contributed by atoms with Crippen molar-refractivity contribution in [3.63, 3.8) is 0 Å². The third-order valence-electron chi connectivity index (χ3n) is 9.87. The summed E-state index contributed by atoms with van der Waals surface area (Å²) in [5, 5.41) is 12.5. The second kappa shape index (κ2) is 17.2. The van der Waals surface area contributed by atoms with Crippen molar-refractivity contribution in [2.24, 2.45) is 5.92 Å². The van der Waals surface area contributed by atoms with E-state index >= 15 is 0 Å². The van der Waals surface area contributed by atoms with E-state index in [1.54, 1.807) is 6.92 Å². The van der Waals surface area contributed by atoms with E-state index in [4.69, 9.17) is 14.2 Å². The Bertz CT molecular complexity index is 1740. The van der Waals surface area contributed by atoms with Crippen molar-refractivity contribution in [2.75, 3.05) is 32.7 Å². The van der Waals surface area contributed by atoms with Crippen molar-refractivity contribution in [2.45, 2.75) is 65.1 Å². The zero-order chi connectivity index (χ0) is 35.7. The van der Waals surface area contributed by atoms with Gasteiger partial charge in [-0.05, 0) is 52.4 Å². The Balaban J connectivity index is 1.17. The highest BCUT2D eigenvalue weighted by Gasteiger charge is 2.39. The molecule has 0 aromatic heterocycles. The van der Waals surface area contributed by atoms with Crippen LogP contribution in [0, 0.1) is 5.92 Å². The summed E-state index contributed by atoms with van der Waals surface area (Å²) in [6.07, 6.45) is -1.67. The van der Waals surface area contributed by atoms with Crippen LogP contribution in [0.4, 0.5) is 0 Å². The number of benzene rings is 4. The molecule has 0 saturated carbocycles. The maximum absolute atomic E-state index is 12.4. The minimum atomic E-state index is -0.856. The average molecular weight is 692 g/mol. The molecule has 4 aromatic carbocycles. The molecule has 0 bridgehead atoms. The minimum absolute atomic E-state index is 0.000263. The van der Waals surface area contributed by atoms with Crippen molar-refractivity contribution >= 4 is 11.9 Å². The smallest absolute Gasteiger partial charge is 0.303 e. The van der Waals surface area contributed by atoms with Gasteiger partial charge in [0.05, 0.1) is 18.8 Å². The van der Waals surface area contributed by atoms with Crippen LogP contribution < -0.4 is 5.32 Å². The van der Waals surface area contributed by atoms with Gasteiger partial charge >= 0.3 is 5.97 Å². The Kier molecular flexibility index (Phi) is 12.3. The van der Waals surface area contributed by atoms with Gasteiger partial charge in [0.2, 0.25) is 0 Å². The van der Waals surface area contributed by atoms with E-state index in [-0.39, 0.29) is 30.6 Å². The van der Waals surface area contributed by atoms with E-state index in [0.717, 1.165) is 72.6 Å². The highest BCUT2D eigenvalue weighted by atomic mass is 16.7. The van der Waals surface area contributed by atoms with Crippen molar-refractivity contribution in [3.05, 3.63) is 131 Å². The fraction of sp³-hybridized carbons (Fsp3) is 0.381.